The molecule has 3 atom stereocenters. The third-order valence-corrected chi connectivity index (χ3v) is 5.45. The number of anilines is 1. The molecular weight excluding hydrogens is 429 g/mol. The zero-order valence-electron chi connectivity index (χ0n) is 15.2. The quantitative estimate of drug-likeness (QED) is 0.652. The van der Waals surface area contributed by atoms with E-state index in [9.17, 15) is 28.0 Å². The van der Waals surface area contributed by atoms with Crippen LogP contribution in [0.15, 0.2) is 27.8 Å². The summed E-state index contributed by atoms with van der Waals surface area (Å²) in [5.41, 5.74) is 1.20. The van der Waals surface area contributed by atoms with E-state index in [1.165, 1.54) is 18.2 Å². The molecule has 2 aliphatic carbocycles. The number of aromatic amines is 1. The third kappa shape index (κ3) is 3.78. The summed E-state index contributed by atoms with van der Waals surface area (Å²) in [6.45, 7) is 0. The van der Waals surface area contributed by atoms with Crippen molar-refractivity contribution >= 4 is 23.4 Å². The van der Waals surface area contributed by atoms with Crippen LogP contribution in [0.2, 0.25) is 5.02 Å². The molecule has 3 unspecified atom stereocenters. The first-order valence-corrected chi connectivity index (χ1v) is 8.92. The van der Waals surface area contributed by atoms with Crippen LogP contribution in [0.25, 0.3) is 0 Å². The number of alkyl halides is 3. The Morgan fingerprint density at radius 3 is 2.60 bits per heavy atom. The number of rotatable bonds is 2. The Kier molecular flexibility index (Phi) is 5.38. The largest absolute Gasteiger partial charge is 0.490 e. The number of H-pyrrole nitrogens is 1. The van der Waals surface area contributed by atoms with E-state index < -0.39 is 23.4 Å². The molecule has 12 heteroatoms. The average molecular weight is 443 g/mol. The SMILES string of the molecule is Cn1c(=O)[nH]c(NC2C3Cc4c(Cl)cccc4C32)c(C#N)c1=O.O=C(O)C(F)(F)F. The number of fused-ring (bicyclic) bond motifs is 3. The molecule has 0 bridgehead atoms. The summed E-state index contributed by atoms with van der Waals surface area (Å²) in [7, 11) is 1.34. The molecule has 1 fully saturated rings. The molecule has 1 heterocycles. The summed E-state index contributed by atoms with van der Waals surface area (Å²) in [6.07, 6.45) is -4.21. The van der Waals surface area contributed by atoms with Crippen molar-refractivity contribution in [3.8, 4) is 6.07 Å². The number of nitriles is 1. The van der Waals surface area contributed by atoms with E-state index in [2.05, 4.69) is 16.4 Å². The van der Waals surface area contributed by atoms with Gasteiger partial charge in [-0.1, -0.05) is 23.7 Å². The van der Waals surface area contributed by atoms with Crippen molar-refractivity contribution in [3.05, 3.63) is 60.8 Å². The van der Waals surface area contributed by atoms with Crippen LogP contribution < -0.4 is 16.6 Å². The molecule has 30 heavy (non-hydrogen) atoms. The number of nitrogens with one attached hydrogen (secondary N) is 2. The molecule has 2 aromatic rings. The van der Waals surface area contributed by atoms with Crippen LogP contribution in [0.5, 0.6) is 0 Å². The highest BCUT2D eigenvalue weighted by atomic mass is 35.5. The van der Waals surface area contributed by atoms with Crippen LogP contribution in [0.3, 0.4) is 0 Å². The lowest BCUT2D eigenvalue weighted by molar-refractivity contribution is -0.192. The Morgan fingerprint density at radius 2 is 2.03 bits per heavy atom. The van der Waals surface area contributed by atoms with E-state index >= 15 is 0 Å². The van der Waals surface area contributed by atoms with Gasteiger partial charge in [0.05, 0.1) is 0 Å². The van der Waals surface area contributed by atoms with E-state index in [1.54, 1.807) is 0 Å². The minimum atomic E-state index is -5.08. The lowest BCUT2D eigenvalue weighted by Crippen LogP contribution is -2.35. The van der Waals surface area contributed by atoms with Crippen LogP contribution in [-0.4, -0.2) is 32.8 Å². The second-order valence-electron chi connectivity index (χ2n) is 6.83. The van der Waals surface area contributed by atoms with Gasteiger partial charge in [-0.15, -0.1) is 0 Å². The highest BCUT2D eigenvalue weighted by Crippen LogP contribution is 2.58. The molecule has 158 valence electrons. The van der Waals surface area contributed by atoms with Crippen LogP contribution in [-0.2, 0) is 18.3 Å². The smallest absolute Gasteiger partial charge is 0.475 e. The zero-order valence-corrected chi connectivity index (χ0v) is 16.0. The van der Waals surface area contributed by atoms with Crippen molar-refractivity contribution in [1.82, 2.24) is 9.55 Å². The van der Waals surface area contributed by atoms with Gasteiger partial charge in [-0.2, -0.15) is 18.4 Å². The van der Waals surface area contributed by atoms with E-state index in [0.717, 1.165) is 16.0 Å². The normalized spacial score (nSPS) is 20.9. The molecule has 1 aromatic carbocycles. The highest BCUT2D eigenvalue weighted by molar-refractivity contribution is 6.31. The van der Waals surface area contributed by atoms with Crippen molar-refractivity contribution in [1.29, 1.82) is 5.26 Å². The zero-order chi connectivity index (χ0) is 22.4. The molecule has 0 saturated heterocycles. The van der Waals surface area contributed by atoms with E-state index in [4.69, 9.17) is 21.5 Å². The number of carbonyl (C=O) groups is 1. The number of aliphatic carboxylic acids is 1. The van der Waals surface area contributed by atoms with Gasteiger partial charge in [-0.3, -0.25) is 14.3 Å². The fourth-order valence-electron chi connectivity index (χ4n) is 3.59. The summed E-state index contributed by atoms with van der Waals surface area (Å²) >= 11 is 6.22. The summed E-state index contributed by atoms with van der Waals surface area (Å²) < 4.78 is 32.6. The summed E-state index contributed by atoms with van der Waals surface area (Å²) in [6, 6.07) is 7.86. The highest BCUT2D eigenvalue weighted by Gasteiger charge is 2.56. The Labute approximate surface area is 171 Å². The molecule has 0 aliphatic heterocycles. The van der Waals surface area contributed by atoms with Crippen LogP contribution in [0.1, 0.15) is 22.6 Å². The topological polar surface area (TPSA) is 128 Å². The molecule has 3 N–H and O–H groups in total. The number of hydrogen-bond donors (Lipinski definition) is 3. The fraction of sp³-hybridized carbons (Fsp3) is 0.333. The van der Waals surface area contributed by atoms with Gasteiger partial charge < -0.3 is 10.4 Å². The Morgan fingerprint density at radius 1 is 1.40 bits per heavy atom. The summed E-state index contributed by atoms with van der Waals surface area (Å²) in [5.74, 6) is -1.86. The summed E-state index contributed by atoms with van der Waals surface area (Å²) in [4.78, 5) is 35.2. The molecular formula is C18H14ClF3N4O4. The molecule has 1 saturated carbocycles. The number of carboxylic acid groups (broad SMARTS) is 1. The van der Waals surface area contributed by atoms with Crippen molar-refractivity contribution in [2.75, 3.05) is 5.32 Å². The van der Waals surface area contributed by atoms with Gasteiger partial charge in [0.15, 0.2) is 5.56 Å². The van der Waals surface area contributed by atoms with Crippen LogP contribution in [0.4, 0.5) is 19.0 Å². The fourth-order valence-corrected chi connectivity index (χ4v) is 3.85. The van der Waals surface area contributed by atoms with E-state index in [-0.39, 0.29) is 17.4 Å². The molecule has 8 nitrogen and oxygen atoms in total. The second kappa shape index (κ2) is 7.53. The van der Waals surface area contributed by atoms with Gasteiger partial charge in [-0.05, 0) is 29.5 Å². The third-order valence-electron chi connectivity index (χ3n) is 5.09. The predicted octanol–water partition coefficient (Wildman–Crippen LogP) is 1.98. The van der Waals surface area contributed by atoms with E-state index in [0.29, 0.717) is 11.8 Å². The minimum absolute atomic E-state index is 0.0663. The van der Waals surface area contributed by atoms with Crippen LogP contribution >= 0.6 is 11.6 Å². The predicted molar refractivity (Wildman–Crippen MR) is 99.5 cm³/mol. The summed E-state index contributed by atoms with van der Waals surface area (Å²) in [5, 5.41) is 20.3. The Balaban J connectivity index is 0.000000318. The number of halogens is 4. The Bertz CT molecular complexity index is 1180. The standard InChI is InChI=1S/C16H13ClN4O2.C2HF3O2/c1-21-15(22)10(6-18)14(20-16(21)23)19-13-9-5-8-7(12(9)13)3-2-4-11(8)17;3-2(4,5)1(6)7/h2-4,9,12-13,19H,5H2,1H3,(H,20,23);(H,6,7). The first-order chi connectivity index (χ1) is 14.0. The number of carboxylic acids is 1. The van der Waals surface area contributed by atoms with E-state index in [1.807, 2.05) is 18.2 Å². The maximum absolute atomic E-state index is 12.0. The van der Waals surface area contributed by atoms with Gasteiger partial charge >= 0.3 is 17.8 Å². The molecule has 0 amide bonds. The van der Waals surface area contributed by atoms with Gasteiger partial charge in [0.1, 0.15) is 11.9 Å². The first kappa shape index (κ1) is 21.4. The average Bonchev–Trinajstić information content (AvgIpc) is 3.16. The van der Waals surface area contributed by atoms with Gasteiger partial charge in [0.2, 0.25) is 0 Å². The van der Waals surface area contributed by atoms with Crippen LogP contribution in [0, 0.1) is 17.2 Å². The van der Waals surface area contributed by atoms with Crippen molar-refractivity contribution in [3.63, 3.8) is 0 Å². The second-order valence-corrected chi connectivity index (χ2v) is 7.24. The molecule has 2 aliphatic rings. The van der Waals surface area contributed by atoms with Gasteiger partial charge in [-0.25, -0.2) is 9.59 Å². The minimum Gasteiger partial charge on any atom is -0.475 e. The lowest BCUT2D eigenvalue weighted by Gasteiger charge is -2.12. The number of benzene rings is 1. The monoisotopic (exact) mass is 442 g/mol. The number of hydrogen-bond acceptors (Lipinski definition) is 5. The van der Waals surface area contributed by atoms with Crippen molar-refractivity contribution < 1.29 is 23.1 Å². The Hall–Kier alpha value is -3.26. The van der Waals surface area contributed by atoms with Gasteiger partial charge in [0.25, 0.3) is 5.56 Å². The molecule has 1 aromatic heterocycles. The van der Waals surface area contributed by atoms with Crippen molar-refractivity contribution in [2.45, 2.75) is 24.6 Å². The van der Waals surface area contributed by atoms with Gasteiger partial charge in [0, 0.05) is 24.0 Å². The van der Waals surface area contributed by atoms with Crippen molar-refractivity contribution in [2.24, 2.45) is 13.0 Å². The number of nitrogens with zero attached hydrogens (tertiary/aromatic N) is 2. The lowest BCUT2D eigenvalue weighted by atomic mass is 10.0. The number of aromatic nitrogens is 2. The maximum atomic E-state index is 12.0. The molecule has 4 rings (SSSR count). The molecule has 0 radical (unpaired) electrons. The molecule has 0 spiro atoms. The maximum Gasteiger partial charge on any atom is 0.490 e. The first-order valence-electron chi connectivity index (χ1n) is 8.54.